The molecule has 1 aliphatic rings. The molecule has 0 radical (unpaired) electrons. The molecule has 1 heterocycles. The SMILES string of the molecule is CCOc1ccccc1/C=C1/SC(=O)N(CC(=O)OC(C)C)C1=O. The van der Waals surface area contributed by atoms with Gasteiger partial charge in [-0.2, -0.15) is 0 Å². The molecule has 2 rings (SSSR count). The van der Waals surface area contributed by atoms with Gasteiger partial charge in [0.2, 0.25) is 0 Å². The average Bonchev–Trinajstić information content (AvgIpc) is 2.76. The Hall–Kier alpha value is -2.28. The third kappa shape index (κ3) is 4.38. The van der Waals surface area contributed by atoms with Crippen LogP contribution in [0.2, 0.25) is 0 Å². The van der Waals surface area contributed by atoms with Gasteiger partial charge < -0.3 is 9.47 Å². The number of nitrogens with zero attached hydrogens (tertiary/aromatic N) is 1. The number of amides is 2. The minimum Gasteiger partial charge on any atom is -0.493 e. The highest BCUT2D eigenvalue weighted by Crippen LogP contribution is 2.33. The first-order chi connectivity index (χ1) is 11.4. The highest BCUT2D eigenvalue weighted by atomic mass is 32.2. The van der Waals surface area contributed by atoms with Crippen LogP contribution in [0, 0.1) is 0 Å². The number of carbonyl (C=O) groups excluding carboxylic acids is 3. The summed E-state index contributed by atoms with van der Waals surface area (Å²) in [6.45, 7) is 5.39. The summed E-state index contributed by atoms with van der Waals surface area (Å²) in [4.78, 5) is 37.2. The Morgan fingerprint density at radius 3 is 2.67 bits per heavy atom. The Morgan fingerprint density at radius 1 is 1.29 bits per heavy atom. The fourth-order valence-corrected chi connectivity index (χ4v) is 2.92. The molecule has 0 aromatic heterocycles. The summed E-state index contributed by atoms with van der Waals surface area (Å²) < 4.78 is 10.5. The lowest BCUT2D eigenvalue weighted by Gasteiger charge is -2.13. The second-order valence-corrected chi connectivity index (χ2v) is 6.27. The van der Waals surface area contributed by atoms with Crippen molar-refractivity contribution in [3.05, 3.63) is 34.7 Å². The third-order valence-electron chi connectivity index (χ3n) is 3.03. The van der Waals surface area contributed by atoms with Gasteiger partial charge in [-0.15, -0.1) is 0 Å². The predicted octanol–water partition coefficient (Wildman–Crippen LogP) is 3.07. The maximum atomic E-state index is 12.4. The van der Waals surface area contributed by atoms with E-state index in [4.69, 9.17) is 9.47 Å². The van der Waals surface area contributed by atoms with E-state index in [2.05, 4.69) is 0 Å². The van der Waals surface area contributed by atoms with Crippen LogP contribution >= 0.6 is 11.8 Å². The summed E-state index contributed by atoms with van der Waals surface area (Å²) in [5.74, 6) is -0.480. The van der Waals surface area contributed by atoms with Gasteiger partial charge in [0.1, 0.15) is 12.3 Å². The number of rotatable bonds is 6. The summed E-state index contributed by atoms with van der Waals surface area (Å²) >= 11 is 0.799. The largest absolute Gasteiger partial charge is 0.493 e. The molecule has 0 unspecified atom stereocenters. The lowest BCUT2D eigenvalue weighted by Crippen LogP contribution is -2.35. The van der Waals surface area contributed by atoms with Crippen molar-refractivity contribution in [1.82, 2.24) is 4.90 Å². The van der Waals surface area contributed by atoms with Crippen LogP contribution in [0.1, 0.15) is 26.3 Å². The van der Waals surface area contributed by atoms with Gasteiger partial charge in [-0.3, -0.25) is 19.3 Å². The molecule has 7 heteroatoms. The molecule has 128 valence electrons. The predicted molar refractivity (Wildman–Crippen MR) is 91.5 cm³/mol. The van der Waals surface area contributed by atoms with Crippen molar-refractivity contribution in [3.8, 4) is 5.75 Å². The topological polar surface area (TPSA) is 72.9 Å². The maximum absolute atomic E-state index is 12.4. The molecule has 1 aliphatic heterocycles. The van der Waals surface area contributed by atoms with Crippen LogP contribution in [0.3, 0.4) is 0 Å². The van der Waals surface area contributed by atoms with Crippen molar-refractivity contribution in [2.24, 2.45) is 0 Å². The van der Waals surface area contributed by atoms with Gasteiger partial charge in [-0.05, 0) is 44.7 Å². The zero-order valence-corrected chi connectivity index (χ0v) is 14.6. The molecule has 0 saturated carbocycles. The first-order valence-corrected chi connectivity index (χ1v) is 8.40. The van der Waals surface area contributed by atoms with Crippen molar-refractivity contribution in [2.75, 3.05) is 13.2 Å². The number of benzene rings is 1. The van der Waals surface area contributed by atoms with Crippen LogP contribution < -0.4 is 4.74 Å². The van der Waals surface area contributed by atoms with E-state index in [9.17, 15) is 14.4 Å². The van der Waals surface area contributed by atoms with Crippen LogP contribution in [0.5, 0.6) is 5.75 Å². The van der Waals surface area contributed by atoms with Gasteiger partial charge in [-0.1, -0.05) is 18.2 Å². The van der Waals surface area contributed by atoms with Crippen LogP contribution in [0.25, 0.3) is 6.08 Å². The van der Waals surface area contributed by atoms with Gasteiger partial charge in [0.25, 0.3) is 11.1 Å². The molecule has 0 N–H and O–H groups in total. The van der Waals surface area contributed by atoms with Crippen molar-refractivity contribution >= 4 is 35.0 Å². The lowest BCUT2D eigenvalue weighted by atomic mass is 10.2. The van der Waals surface area contributed by atoms with Crippen molar-refractivity contribution in [2.45, 2.75) is 26.9 Å². The van der Waals surface area contributed by atoms with Crippen LogP contribution in [0.15, 0.2) is 29.2 Å². The Bertz CT molecular complexity index is 683. The summed E-state index contributed by atoms with van der Waals surface area (Å²) in [5.41, 5.74) is 0.703. The van der Waals surface area contributed by atoms with Gasteiger partial charge in [0.15, 0.2) is 0 Å². The lowest BCUT2D eigenvalue weighted by molar-refractivity contribution is -0.149. The van der Waals surface area contributed by atoms with Crippen LogP contribution in [-0.4, -0.2) is 41.3 Å². The second kappa shape index (κ2) is 8.01. The number of esters is 1. The molecule has 0 spiro atoms. The number of thioether (sulfide) groups is 1. The molecule has 24 heavy (non-hydrogen) atoms. The van der Waals surface area contributed by atoms with E-state index >= 15 is 0 Å². The molecule has 1 saturated heterocycles. The van der Waals surface area contributed by atoms with E-state index in [-0.39, 0.29) is 17.6 Å². The Labute approximate surface area is 144 Å². The zero-order valence-electron chi connectivity index (χ0n) is 13.8. The molecular formula is C17H19NO5S. The minimum atomic E-state index is -0.608. The Balaban J connectivity index is 2.18. The fourth-order valence-electron chi connectivity index (χ4n) is 2.09. The smallest absolute Gasteiger partial charge is 0.326 e. The summed E-state index contributed by atoms with van der Waals surface area (Å²) in [6, 6.07) is 7.24. The molecule has 0 atom stereocenters. The first kappa shape index (κ1) is 18.1. The zero-order chi connectivity index (χ0) is 17.7. The van der Waals surface area contributed by atoms with E-state index in [1.165, 1.54) is 0 Å². The van der Waals surface area contributed by atoms with Crippen molar-refractivity contribution in [3.63, 3.8) is 0 Å². The molecule has 0 aliphatic carbocycles. The number of ether oxygens (including phenoxy) is 2. The number of imide groups is 1. The highest BCUT2D eigenvalue weighted by Gasteiger charge is 2.36. The van der Waals surface area contributed by atoms with Crippen LogP contribution in [-0.2, 0) is 14.3 Å². The standard InChI is InChI=1S/C17H19NO5S/c1-4-22-13-8-6-5-7-12(13)9-14-16(20)18(17(21)24-14)10-15(19)23-11(2)3/h5-9,11H,4,10H2,1-3H3/b14-9+. The third-order valence-corrected chi connectivity index (χ3v) is 3.94. The van der Waals surface area contributed by atoms with E-state index < -0.39 is 17.1 Å². The number of hydrogen-bond acceptors (Lipinski definition) is 6. The van der Waals surface area contributed by atoms with E-state index in [0.29, 0.717) is 17.9 Å². The van der Waals surface area contributed by atoms with E-state index in [1.807, 2.05) is 19.1 Å². The summed E-state index contributed by atoms with van der Waals surface area (Å²) in [6.07, 6.45) is 1.30. The Kier molecular flexibility index (Phi) is 6.03. The number of para-hydroxylation sites is 1. The quantitative estimate of drug-likeness (QED) is 0.580. The molecule has 6 nitrogen and oxygen atoms in total. The number of hydrogen-bond donors (Lipinski definition) is 0. The van der Waals surface area contributed by atoms with Gasteiger partial charge in [0, 0.05) is 5.56 Å². The monoisotopic (exact) mass is 349 g/mol. The molecular weight excluding hydrogens is 330 g/mol. The summed E-state index contributed by atoms with van der Waals surface area (Å²) in [7, 11) is 0. The normalized spacial score (nSPS) is 16.2. The molecule has 1 aromatic rings. The average molecular weight is 349 g/mol. The summed E-state index contributed by atoms with van der Waals surface area (Å²) in [5, 5.41) is -0.485. The molecule has 1 aromatic carbocycles. The van der Waals surface area contributed by atoms with Gasteiger partial charge in [0.05, 0.1) is 17.6 Å². The van der Waals surface area contributed by atoms with Crippen LogP contribution in [0.4, 0.5) is 4.79 Å². The van der Waals surface area contributed by atoms with E-state index in [1.54, 1.807) is 32.1 Å². The highest BCUT2D eigenvalue weighted by molar-refractivity contribution is 8.18. The van der Waals surface area contributed by atoms with Crippen molar-refractivity contribution in [1.29, 1.82) is 0 Å². The molecule has 2 amide bonds. The fraction of sp³-hybridized carbons (Fsp3) is 0.353. The molecule has 1 fully saturated rings. The Morgan fingerprint density at radius 2 is 2.00 bits per heavy atom. The second-order valence-electron chi connectivity index (χ2n) is 5.28. The van der Waals surface area contributed by atoms with Crippen molar-refractivity contribution < 1.29 is 23.9 Å². The number of carbonyl (C=O) groups is 3. The molecule has 0 bridgehead atoms. The van der Waals surface area contributed by atoms with Gasteiger partial charge >= 0.3 is 5.97 Å². The minimum absolute atomic E-state index is 0.254. The van der Waals surface area contributed by atoms with E-state index in [0.717, 1.165) is 16.7 Å². The van der Waals surface area contributed by atoms with Gasteiger partial charge in [-0.25, -0.2) is 0 Å². The maximum Gasteiger partial charge on any atom is 0.326 e. The first-order valence-electron chi connectivity index (χ1n) is 7.59.